The summed E-state index contributed by atoms with van der Waals surface area (Å²) in [6.07, 6.45) is 2.99. The highest BCUT2D eigenvalue weighted by atomic mass is 32.2. The fourth-order valence-corrected chi connectivity index (χ4v) is 5.63. The van der Waals surface area contributed by atoms with Gasteiger partial charge in [-0.05, 0) is 56.1 Å². The van der Waals surface area contributed by atoms with Crippen LogP contribution in [0, 0.1) is 36.5 Å². The van der Waals surface area contributed by atoms with E-state index in [0.29, 0.717) is 21.6 Å². The smallest absolute Gasteiger partial charge is 0.235 e. The van der Waals surface area contributed by atoms with Gasteiger partial charge in [0.25, 0.3) is 0 Å². The quantitative estimate of drug-likeness (QED) is 0.568. The Hall–Kier alpha value is -1.91. The second kappa shape index (κ2) is 8.22. The summed E-state index contributed by atoms with van der Waals surface area (Å²) in [6, 6.07) is 4.22. The highest BCUT2D eigenvalue weighted by molar-refractivity contribution is 7.99. The summed E-state index contributed by atoms with van der Waals surface area (Å²) in [6.45, 7) is 10.7. The fourth-order valence-electron chi connectivity index (χ4n) is 3.58. The van der Waals surface area contributed by atoms with E-state index < -0.39 is 0 Å². The molecule has 0 fully saturated rings. The molecule has 3 rings (SSSR count). The molecule has 1 aliphatic rings. The standard InChI is InChI=1S/C21H26N4OS2/c1-12-8-13(2)24-20(23-12)27-11-18(26)25-19-16(10-22)15-7-6-14(21(3,4)5)9-17(15)28-19/h8,14H,6-7,9,11H2,1-5H3,(H,25,26)/t14-/m0/s1. The number of anilines is 1. The summed E-state index contributed by atoms with van der Waals surface area (Å²) < 4.78 is 0. The Morgan fingerprint density at radius 2 is 2.04 bits per heavy atom. The van der Waals surface area contributed by atoms with Crippen molar-refractivity contribution >= 4 is 34.0 Å². The monoisotopic (exact) mass is 414 g/mol. The largest absolute Gasteiger partial charge is 0.316 e. The van der Waals surface area contributed by atoms with Crippen molar-refractivity contribution < 1.29 is 4.79 Å². The first-order valence-electron chi connectivity index (χ1n) is 9.47. The number of nitrogens with zero attached hydrogens (tertiary/aromatic N) is 3. The Kier molecular flexibility index (Phi) is 6.11. The van der Waals surface area contributed by atoms with Gasteiger partial charge in [0, 0.05) is 16.3 Å². The van der Waals surface area contributed by atoms with E-state index in [1.807, 2.05) is 19.9 Å². The van der Waals surface area contributed by atoms with Crippen LogP contribution in [-0.4, -0.2) is 21.6 Å². The van der Waals surface area contributed by atoms with E-state index in [1.54, 1.807) is 11.3 Å². The first-order valence-corrected chi connectivity index (χ1v) is 11.3. The van der Waals surface area contributed by atoms with Crippen LogP contribution >= 0.6 is 23.1 Å². The van der Waals surface area contributed by atoms with E-state index in [4.69, 9.17) is 0 Å². The van der Waals surface area contributed by atoms with Crippen LogP contribution in [-0.2, 0) is 17.6 Å². The molecule has 7 heteroatoms. The number of thiophene rings is 1. The topological polar surface area (TPSA) is 78.7 Å². The average molecular weight is 415 g/mol. The predicted octanol–water partition coefficient (Wildman–Crippen LogP) is 4.91. The highest BCUT2D eigenvalue weighted by Gasteiger charge is 2.32. The molecule has 0 saturated heterocycles. The molecule has 148 valence electrons. The van der Waals surface area contributed by atoms with Gasteiger partial charge in [-0.25, -0.2) is 9.97 Å². The first-order chi connectivity index (χ1) is 13.2. The number of hydrogen-bond donors (Lipinski definition) is 1. The number of nitriles is 1. The van der Waals surface area contributed by atoms with Gasteiger partial charge < -0.3 is 5.32 Å². The molecular formula is C21H26N4OS2. The van der Waals surface area contributed by atoms with Gasteiger partial charge in [0.15, 0.2) is 5.16 Å². The lowest BCUT2D eigenvalue weighted by atomic mass is 9.72. The van der Waals surface area contributed by atoms with Crippen LogP contribution in [0.15, 0.2) is 11.2 Å². The van der Waals surface area contributed by atoms with Crippen LogP contribution in [0.5, 0.6) is 0 Å². The third kappa shape index (κ3) is 4.73. The van der Waals surface area contributed by atoms with Gasteiger partial charge in [-0.3, -0.25) is 4.79 Å². The molecular weight excluding hydrogens is 388 g/mol. The van der Waals surface area contributed by atoms with Crippen molar-refractivity contribution in [1.29, 1.82) is 5.26 Å². The first kappa shape index (κ1) is 20.8. The van der Waals surface area contributed by atoms with Crippen molar-refractivity contribution in [1.82, 2.24) is 9.97 Å². The van der Waals surface area contributed by atoms with Crippen molar-refractivity contribution in [3.8, 4) is 6.07 Å². The molecule has 0 unspecified atom stereocenters. The van der Waals surface area contributed by atoms with Gasteiger partial charge in [-0.2, -0.15) is 5.26 Å². The summed E-state index contributed by atoms with van der Waals surface area (Å²) in [5.74, 6) is 0.697. The zero-order valence-electron chi connectivity index (χ0n) is 17.0. The van der Waals surface area contributed by atoms with Crippen LogP contribution in [0.1, 0.15) is 54.6 Å². The molecule has 0 bridgehead atoms. The van der Waals surface area contributed by atoms with Gasteiger partial charge in [0.1, 0.15) is 11.1 Å². The number of amides is 1. The number of fused-ring (bicyclic) bond motifs is 1. The van der Waals surface area contributed by atoms with Crippen molar-refractivity contribution in [2.24, 2.45) is 11.3 Å². The molecule has 0 aromatic carbocycles. The van der Waals surface area contributed by atoms with Crippen LogP contribution in [0.4, 0.5) is 5.00 Å². The Balaban J connectivity index is 1.70. The number of thioether (sulfide) groups is 1. The van der Waals surface area contributed by atoms with Crippen LogP contribution < -0.4 is 5.32 Å². The summed E-state index contributed by atoms with van der Waals surface area (Å²) in [5.41, 5.74) is 3.81. The Bertz CT molecular complexity index is 917. The summed E-state index contributed by atoms with van der Waals surface area (Å²) >= 11 is 2.88. The maximum Gasteiger partial charge on any atom is 0.235 e. The molecule has 2 aromatic heterocycles. The van der Waals surface area contributed by atoms with Gasteiger partial charge in [0.2, 0.25) is 5.91 Å². The number of aryl methyl sites for hydroxylation is 2. The minimum absolute atomic E-state index is 0.129. The number of carbonyl (C=O) groups is 1. The van der Waals surface area contributed by atoms with E-state index in [-0.39, 0.29) is 17.1 Å². The number of hydrogen-bond acceptors (Lipinski definition) is 6. The Labute approximate surface area is 175 Å². The molecule has 2 aromatic rings. The van der Waals surface area contributed by atoms with E-state index in [1.165, 1.54) is 16.6 Å². The molecule has 5 nitrogen and oxygen atoms in total. The number of carbonyl (C=O) groups excluding carboxylic acids is 1. The maximum absolute atomic E-state index is 12.5. The zero-order valence-corrected chi connectivity index (χ0v) is 18.7. The lowest BCUT2D eigenvalue weighted by Crippen LogP contribution is -2.26. The Morgan fingerprint density at radius 1 is 1.36 bits per heavy atom. The summed E-state index contributed by atoms with van der Waals surface area (Å²) in [4.78, 5) is 22.4. The summed E-state index contributed by atoms with van der Waals surface area (Å²) in [5, 5.41) is 13.9. The van der Waals surface area contributed by atoms with Crippen LogP contribution in [0.2, 0.25) is 0 Å². The minimum atomic E-state index is -0.129. The van der Waals surface area contributed by atoms with Gasteiger partial charge in [0.05, 0.1) is 11.3 Å². The molecule has 1 N–H and O–H groups in total. The van der Waals surface area contributed by atoms with Crippen LogP contribution in [0.25, 0.3) is 0 Å². The zero-order chi connectivity index (χ0) is 20.5. The van der Waals surface area contributed by atoms with E-state index in [0.717, 1.165) is 36.2 Å². The third-order valence-corrected chi connectivity index (χ3v) is 7.17. The highest BCUT2D eigenvalue weighted by Crippen LogP contribution is 2.44. The molecule has 0 spiro atoms. The molecule has 28 heavy (non-hydrogen) atoms. The van der Waals surface area contributed by atoms with Crippen molar-refractivity contribution in [2.45, 2.75) is 59.0 Å². The van der Waals surface area contributed by atoms with Crippen molar-refractivity contribution in [2.75, 3.05) is 11.1 Å². The molecule has 2 heterocycles. The van der Waals surface area contributed by atoms with E-state index in [9.17, 15) is 10.1 Å². The second-order valence-electron chi connectivity index (χ2n) is 8.40. The minimum Gasteiger partial charge on any atom is -0.316 e. The number of rotatable bonds is 4. The average Bonchev–Trinajstić information content (AvgIpc) is 2.94. The molecule has 0 saturated carbocycles. The lowest BCUT2D eigenvalue weighted by Gasteiger charge is -2.33. The normalized spacial score (nSPS) is 16.4. The maximum atomic E-state index is 12.5. The fraction of sp³-hybridized carbons (Fsp3) is 0.524. The molecule has 0 radical (unpaired) electrons. The second-order valence-corrected chi connectivity index (χ2v) is 10.4. The van der Waals surface area contributed by atoms with Crippen LogP contribution in [0.3, 0.4) is 0 Å². The summed E-state index contributed by atoms with van der Waals surface area (Å²) in [7, 11) is 0. The molecule has 1 amide bonds. The van der Waals surface area contributed by atoms with Crippen molar-refractivity contribution in [3.63, 3.8) is 0 Å². The van der Waals surface area contributed by atoms with Crippen molar-refractivity contribution in [3.05, 3.63) is 33.5 Å². The Morgan fingerprint density at radius 3 is 2.64 bits per heavy atom. The predicted molar refractivity (Wildman–Crippen MR) is 115 cm³/mol. The number of nitrogens with one attached hydrogen (secondary N) is 1. The molecule has 1 aliphatic carbocycles. The van der Waals surface area contributed by atoms with Gasteiger partial charge >= 0.3 is 0 Å². The van der Waals surface area contributed by atoms with E-state index in [2.05, 4.69) is 42.1 Å². The van der Waals surface area contributed by atoms with Gasteiger partial charge in [-0.15, -0.1) is 11.3 Å². The lowest BCUT2D eigenvalue weighted by molar-refractivity contribution is -0.113. The third-order valence-electron chi connectivity index (χ3n) is 5.15. The number of aromatic nitrogens is 2. The SMILES string of the molecule is Cc1cc(C)nc(SCC(=O)Nc2sc3c(c2C#N)CC[C@H](C(C)(C)C)C3)n1. The van der Waals surface area contributed by atoms with E-state index >= 15 is 0 Å². The molecule has 0 aliphatic heterocycles. The molecule has 1 atom stereocenters. The van der Waals surface area contributed by atoms with Gasteiger partial charge in [-0.1, -0.05) is 32.5 Å².